The number of para-hydroxylation sites is 1. The molecule has 2 aliphatic carbocycles. The fourth-order valence-corrected chi connectivity index (χ4v) is 9.51. The fourth-order valence-electron chi connectivity index (χ4n) is 9.51. The number of hydrogen-bond acceptors (Lipinski definition) is 1. The first kappa shape index (κ1) is 32.2. The Bertz CT molecular complexity index is 2790. The Morgan fingerprint density at radius 2 is 0.661 bits per heavy atom. The van der Waals surface area contributed by atoms with Gasteiger partial charge in [-0.3, -0.25) is 0 Å². The van der Waals surface area contributed by atoms with Crippen molar-refractivity contribution in [3.63, 3.8) is 0 Å². The van der Waals surface area contributed by atoms with E-state index in [2.05, 4.69) is 229 Å². The van der Waals surface area contributed by atoms with Gasteiger partial charge in [0.1, 0.15) is 0 Å². The quantitative estimate of drug-likeness (QED) is 0.166. The molecule has 1 spiro atoms. The minimum Gasteiger partial charge on any atom is -0.310 e. The molecule has 0 aromatic heterocycles. The summed E-state index contributed by atoms with van der Waals surface area (Å²) in [5.41, 5.74) is 20.5. The minimum absolute atomic E-state index is 0.444. The predicted molar refractivity (Wildman–Crippen MR) is 234 cm³/mol. The summed E-state index contributed by atoms with van der Waals surface area (Å²) in [6.07, 6.45) is 0. The lowest BCUT2D eigenvalue weighted by molar-refractivity contribution is 0.793. The van der Waals surface area contributed by atoms with Gasteiger partial charge in [0.25, 0.3) is 0 Å². The maximum atomic E-state index is 2.49. The molecule has 0 amide bonds. The van der Waals surface area contributed by atoms with E-state index < -0.39 is 5.41 Å². The number of rotatable bonds is 6. The average molecular weight is 712 g/mol. The second kappa shape index (κ2) is 13.0. The number of fused-ring (bicyclic) bond motifs is 10. The average Bonchev–Trinajstić information content (AvgIpc) is 3.75. The SMILES string of the molecule is c1ccc(-c2cc(-c3ccccc3)cc(N(c3ccc4c(c3)C3(c5ccccc5-c5ccccc53)c3ccccc3-4)c3ccccc3-c3ccccc3)c2)cc1. The summed E-state index contributed by atoms with van der Waals surface area (Å²) in [7, 11) is 0. The van der Waals surface area contributed by atoms with Gasteiger partial charge in [-0.1, -0.05) is 188 Å². The van der Waals surface area contributed by atoms with Crippen LogP contribution in [-0.2, 0) is 5.41 Å². The van der Waals surface area contributed by atoms with Gasteiger partial charge in [0.2, 0.25) is 0 Å². The molecule has 0 fully saturated rings. The van der Waals surface area contributed by atoms with Crippen LogP contribution in [0.2, 0.25) is 0 Å². The molecule has 0 saturated heterocycles. The lowest BCUT2D eigenvalue weighted by Crippen LogP contribution is -2.26. The summed E-state index contributed by atoms with van der Waals surface area (Å²) in [6, 6.07) is 82.6. The van der Waals surface area contributed by atoms with Gasteiger partial charge in [-0.15, -0.1) is 0 Å². The largest absolute Gasteiger partial charge is 0.310 e. The summed E-state index contributed by atoms with van der Waals surface area (Å²) in [5, 5.41) is 0. The Labute approximate surface area is 328 Å². The fraction of sp³-hybridized carbons (Fsp3) is 0.0182. The van der Waals surface area contributed by atoms with Gasteiger partial charge in [-0.25, -0.2) is 0 Å². The summed E-state index contributed by atoms with van der Waals surface area (Å²) < 4.78 is 0. The van der Waals surface area contributed by atoms with E-state index in [4.69, 9.17) is 0 Å². The molecular formula is C55H37N. The minimum atomic E-state index is -0.444. The van der Waals surface area contributed by atoms with Crippen LogP contribution in [0.5, 0.6) is 0 Å². The third-order valence-corrected chi connectivity index (χ3v) is 11.9. The van der Waals surface area contributed by atoms with Crippen LogP contribution in [0.4, 0.5) is 17.1 Å². The number of benzene rings is 9. The second-order valence-corrected chi connectivity index (χ2v) is 14.8. The lowest BCUT2D eigenvalue weighted by atomic mass is 9.70. The molecule has 9 aromatic rings. The Hall–Kier alpha value is -7.22. The van der Waals surface area contributed by atoms with Gasteiger partial charge in [0, 0.05) is 16.9 Å². The summed E-state index contributed by atoms with van der Waals surface area (Å²) >= 11 is 0. The van der Waals surface area contributed by atoms with Crippen molar-refractivity contribution in [2.75, 3.05) is 4.90 Å². The Kier molecular flexibility index (Phi) is 7.47. The first-order valence-corrected chi connectivity index (χ1v) is 19.4. The molecule has 11 rings (SSSR count). The van der Waals surface area contributed by atoms with Gasteiger partial charge in [-0.2, -0.15) is 0 Å². The van der Waals surface area contributed by atoms with E-state index in [0.29, 0.717) is 0 Å². The van der Waals surface area contributed by atoms with Crippen molar-refractivity contribution in [2.24, 2.45) is 0 Å². The topological polar surface area (TPSA) is 3.24 Å². The highest BCUT2D eigenvalue weighted by atomic mass is 15.1. The molecule has 56 heavy (non-hydrogen) atoms. The Morgan fingerprint density at radius 3 is 1.18 bits per heavy atom. The predicted octanol–water partition coefficient (Wildman–Crippen LogP) is 14.5. The maximum Gasteiger partial charge on any atom is 0.0726 e. The Balaban J connectivity index is 1.22. The number of anilines is 3. The van der Waals surface area contributed by atoms with Crippen molar-refractivity contribution < 1.29 is 0 Å². The van der Waals surface area contributed by atoms with Crippen molar-refractivity contribution in [1.29, 1.82) is 0 Å². The van der Waals surface area contributed by atoms with E-state index >= 15 is 0 Å². The normalized spacial score (nSPS) is 12.8. The first-order chi connectivity index (χ1) is 27.8. The molecular weight excluding hydrogens is 675 g/mol. The van der Waals surface area contributed by atoms with Crippen LogP contribution < -0.4 is 4.90 Å². The van der Waals surface area contributed by atoms with Crippen LogP contribution >= 0.6 is 0 Å². The molecule has 0 N–H and O–H groups in total. The van der Waals surface area contributed by atoms with Crippen LogP contribution in [0.1, 0.15) is 22.3 Å². The smallest absolute Gasteiger partial charge is 0.0726 e. The van der Waals surface area contributed by atoms with Crippen LogP contribution in [0, 0.1) is 0 Å². The summed E-state index contributed by atoms with van der Waals surface area (Å²) in [5.74, 6) is 0. The van der Waals surface area contributed by atoms with Crippen molar-refractivity contribution >= 4 is 17.1 Å². The summed E-state index contributed by atoms with van der Waals surface area (Å²) in [6.45, 7) is 0. The van der Waals surface area contributed by atoms with Crippen molar-refractivity contribution in [2.45, 2.75) is 5.41 Å². The van der Waals surface area contributed by atoms with Gasteiger partial charge in [-0.05, 0) is 109 Å². The molecule has 0 heterocycles. The van der Waals surface area contributed by atoms with Crippen molar-refractivity contribution in [3.8, 4) is 55.6 Å². The molecule has 0 unspecified atom stereocenters. The van der Waals surface area contributed by atoms with E-state index in [9.17, 15) is 0 Å². The zero-order chi connectivity index (χ0) is 37.1. The van der Waals surface area contributed by atoms with Crippen LogP contribution in [-0.4, -0.2) is 0 Å². The molecule has 0 aliphatic heterocycles. The molecule has 1 heteroatoms. The monoisotopic (exact) mass is 711 g/mol. The number of hydrogen-bond donors (Lipinski definition) is 0. The zero-order valence-electron chi connectivity index (χ0n) is 30.8. The molecule has 2 aliphatic rings. The van der Waals surface area contributed by atoms with Crippen LogP contribution in [0.15, 0.2) is 224 Å². The Morgan fingerprint density at radius 1 is 0.250 bits per heavy atom. The highest BCUT2D eigenvalue weighted by Crippen LogP contribution is 2.63. The van der Waals surface area contributed by atoms with Gasteiger partial charge in [0.15, 0.2) is 0 Å². The highest BCUT2D eigenvalue weighted by molar-refractivity contribution is 5.97. The van der Waals surface area contributed by atoms with E-state index in [1.807, 2.05) is 0 Å². The second-order valence-electron chi connectivity index (χ2n) is 14.8. The van der Waals surface area contributed by atoms with Gasteiger partial charge in [0.05, 0.1) is 11.1 Å². The van der Waals surface area contributed by atoms with Crippen LogP contribution in [0.25, 0.3) is 55.6 Å². The third-order valence-electron chi connectivity index (χ3n) is 11.9. The van der Waals surface area contributed by atoms with E-state index in [1.165, 1.54) is 77.9 Å². The molecule has 1 nitrogen and oxygen atoms in total. The molecule has 9 aromatic carbocycles. The van der Waals surface area contributed by atoms with Gasteiger partial charge >= 0.3 is 0 Å². The van der Waals surface area contributed by atoms with Crippen molar-refractivity contribution in [3.05, 3.63) is 247 Å². The van der Waals surface area contributed by atoms with E-state index in [-0.39, 0.29) is 0 Å². The standard InChI is InChI=1S/C55H37N/c1-4-18-38(19-5-1)41-34-42(39-20-6-2-7-21-39)36-44(35-41)56(54-31-17-13-24-45(54)40-22-8-3-9-23-40)43-32-33-49-48-27-12-16-30-52(48)55(53(49)37-43)50-28-14-10-25-46(50)47-26-11-15-29-51(47)55/h1-37H. The highest BCUT2D eigenvalue weighted by Gasteiger charge is 2.51. The third kappa shape index (κ3) is 4.88. The van der Waals surface area contributed by atoms with Crippen LogP contribution in [0.3, 0.4) is 0 Å². The van der Waals surface area contributed by atoms with E-state index in [0.717, 1.165) is 17.1 Å². The maximum absolute atomic E-state index is 2.49. The summed E-state index contributed by atoms with van der Waals surface area (Å²) in [4.78, 5) is 2.49. The lowest BCUT2D eigenvalue weighted by Gasteiger charge is -2.33. The molecule has 0 saturated carbocycles. The molecule has 0 radical (unpaired) electrons. The van der Waals surface area contributed by atoms with Gasteiger partial charge < -0.3 is 4.90 Å². The molecule has 262 valence electrons. The van der Waals surface area contributed by atoms with E-state index in [1.54, 1.807) is 0 Å². The molecule has 0 bridgehead atoms. The van der Waals surface area contributed by atoms with Crippen molar-refractivity contribution in [1.82, 2.24) is 0 Å². The molecule has 0 atom stereocenters. The zero-order valence-corrected chi connectivity index (χ0v) is 30.8. The number of nitrogens with zero attached hydrogens (tertiary/aromatic N) is 1. The first-order valence-electron chi connectivity index (χ1n) is 19.4.